The quantitative estimate of drug-likeness (QED) is 0.364. The molecule has 0 spiro atoms. The van der Waals surface area contributed by atoms with Gasteiger partial charge < -0.3 is 14.7 Å². The number of benzene rings is 1. The van der Waals surface area contributed by atoms with Crippen molar-refractivity contribution in [1.29, 1.82) is 0 Å². The van der Waals surface area contributed by atoms with Crippen molar-refractivity contribution in [3.8, 4) is 5.75 Å². The fourth-order valence-electron chi connectivity index (χ4n) is 1.82. The Bertz CT molecular complexity index is 664. The van der Waals surface area contributed by atoms with Crippen molar-refractivity contribution in [3.63, 3.8) is 0 Å². The van der Waals surface area contributed by atoms with E-state index in [9.17, 15) is 14.8 Å². The average molecular weight is 301 g/mol. The molecule has 114 valence electrons. The lowest BCUT2D eigenvalue weighted by Gasteiger charge is -2.12. The van der Waals surface area contributed by atoms with Crippen molar-refractivity contribution in [2.75, 3.05) is 7.11 Å². The van der Waals surface area contributed by atoms with Crippen LogP contribution in [0.2, 0.25) is 0 Å². The molecule has 1 aromatic carbocycles. The van der Waals surface area contributed by atoms with Crippen LogP contribution in [0, 0.1) is 5.21 Å². The molecule has 1 aromatic heterocycles. The van der Waals surface area contributed by atoms with E-state index in [2.05, 4.69) is 0 Å². The first-order valence-corrected chi connectivity index (χ1v) is 6.59. The van der Waals surface area contributed by atoms with Gasteiger partial charge in [0.15, 0.2) is 18.5 Å². The summed E-state index contributed by atoms with van der Waals surface area (Å²) < 4.78 is 10.7. The lowest BCUT2D eigenvalue weighted by molar-refractivity contribution is -0.605. The molecular weight excluding hydrogens is 286 g/mol. The van der Waals surface area contributed by atoms with Crippen LogP contribution in [-0.2, 0) is 4.74 Å². The number of esters is 1. The van der Waals surface area contributed by atoms with E-state index in [1.54, 1.807) is 24.3 Å². The molecule has 2 aromatic rings. The summed E-state index contributed by atoms with van der Waals surface area (Å²) >= 11 is 0. The monoisotopic (exact) mass is 301 g/mol. The summed E-state index contributed by atoms with van der Waals surface area (Å²) in [5.74, 6) is -0.336. The van der Waals surface area contributed by atoms with Crippen molar-refractivity contribution in [3.05, 3.63) is 65.1 Å². The van der Waals surface area contributed by atoms with Gasteiger partial charge in [-0.3, -0.25) is 4.79 Å². The van der Waals surface area contributed by atoms with Crippen LogP contribution in [0.3, 0.4) is 0 Å². The Kier molecular flexibility index (Phi) is 4.73. The molecule has 0 N–H and O–H groups in total. The number of carbonyl (C=O) groups is 2. The summed E-state index contributed by atoms with van der Waals surface area (Å²) in [6.45, 7) is 1.50. The van der Waals surface area contributed by atoms with Crippen LogP contribution >= 0.6 is 0 Å². The Labute approximate surface area is 127 Å². The minimum atomic E-state index is -0.930. The number of pyridine rings is 1. The summed E-state index contributed by atoms with van der Waals surface area (Å²) in [4.78, 5) is 24.1. The second kappa shape index (κ2) is 6.71. The van der Waals surface area contributed by atoms with Crippen LogP contribution in [0.5, 0.6) is 5.75 Å². The van der Waals surface area contributed by atoms with Gasteiger partial charge in [0.1, 0.15) is 5.75 Å². The maximum Gasteiger partial charge on any atom is 0.339 e. The van der Waals surface area contributed by atoms with E-state index < -0.39 is 12.1 Å². The molecule has 22 heavy (non-hydrogen) atoms. The van der Waals surface area contributed by atoms with Crippen molar-refractivity contribution in [2.45, 2.75) is 13.0 Å². The summed E-state index contributed by atoms with van der Waals surface area (Å²) in [6, 6.07) is 9.19. The van der Waals surface area contributed by atoms with Crippen molar-refractivity contribution in [1.82, 2.24) is 0 Å². The molecule has 0 fully saturated rings. The Morgan fingerprint density at radius 2 is 1.64 bits per heavy atom. The maximum absolute atomic E-state index is 12.2. The van der Waals surface area contributed by atoms with Gasteiger partial charge >= 0.3 is 5.97 Å². The third kappa shape index (κ3) is 3.60. The third-order valence-corrected chi connectivity index (χ3v) is 3.07. The van der Waals surface area contributed by atoms with E-state index in [-0.39, 0.29) is 11.3 Å². The predicted octanol–water partition coefficient (Wildman–Crippen LogP) is 1.76. The van der Waals surface area contributed by atoms with Gasteiger partial charge in [-0.15, -0.1) is 0 Å². The Hall–Kier alpha value is -2.89. The first-order chi connectivity index (χ1) is 10.5. The number of carbonyl (C=O) groups excluding carboxylic acids is 2. The first-order valence-electron chi connectivity index (χ1n) is 6.59. The minimum absolute atomic E-state index is 0.210. The summed E-state index contributed by atoms with van der Waals surface area (Å²) in [5.41, 5.74) is 0.632. The van der Waals surface area contributed by atoms with E-state index in [0.717, 1.165) is 0 Å². The van der Waals surface area contributed by atoms with E-state index >= 15 is 0 Å². The molecule has 0 aliphatic rings. The fraction of sp³-hybridized carbons (Fsp3) is 0.188. The molecule has 0 saturated heterocycles. The minimum Gasteiger partial charge on any atom is -0.619 e. The van der Waals surface area contributed by atoms with Gasteiger partial charge in [-0.05, 0) is 31.2 Å². The molecule has 1 heterocycles. The highest BCUT2D eigenvalue weighted by atomic mass is 16.5. The average Bonchev–Trinajstić information content (AvgIpc) is 2.54. The Morgan fingerprint density at radius 3 is 2.18 bits per heavy atom. The zero-order valence-electron chi connectivity index (χ0n) is 12.2. The van der Waals surface area contributed by atoms with Crippen LogP contribution in [-0.4, -0.2) is 25.0 Å². The van der Waals surface area contributed by atoms with E-state index in [1.165, 1.54) is 38.6 Å². The zero-order valence-corrected chi connectivity index (χ0v) is 12.2. The first kappa shape index (κ1) is 15.5. The second-order valence-corrected chi connectivity index (χ2v) is 4.59. The molecule has 0 bridgehead atoms. The lowest BCUT2D eigenvalue weighted by Crippen LogP contribution is -2.27. The summed E-state index contributed by atoms with van der Waals surface area (Å²) in [6.07, 6.45) is 1.44. The molecule has 2 rings (SSSR count). The van der Waals surface area contributed by atoms with Gasteiger partial charge in [0, 0.05) is 17.7 Å². The maximum atomic E-state index is 12.2. The summed E-state index contributed by atoms with van der Waals surface area (Å²) in [7, 11) is 1.53. The van der Waals surface area contributed by atoms with Crippen molar-refractivity contribution in [2.24, 2.45) is 0 Å². The van der Waals surface area contributed by atoms with Crippen LogP contribution in [0.4, 0.5) is 0 Å². The number of methoxy groups -OCH3 is 1. The number of hydrogen-bond donors (Lipinski definition) is 0. The van der Waals surface area contributed by atoms with Crippen LogP contribution in [0.25, 0.3) is 0 Å². The molecule has 0 radical (unpaired) electrons. The second-order valence-electron chi connectivity index (χ2n) is 4.59. The van der Waals surface area contributed by atoms with Gasteiger partial charge in [-0.2, -0.15) is 4.73 Å². The third-order valence-electron chi connectivity index (χ3n) is 3.07. The number of rotatable bonds is 5. The number of Topliss-reactive ketones (excluding diaryl/α,β-unsaturated/α-hetero) is 1. The Morgan fingerprint density at radius 1 is 1.05 bits per heavy atom. The number of aromatic nitrogens is 1. The van der Waals surface area contributed by atoms with Crippen molar-refractivity contribution >= 4 is 11.8 Å². The standard InChI is InChI=1S/C16H15NO5/c1-11(15(18)12-3-5-14(21-2)6-4-12)22-16(19)13-7-9-17(20)10-8-13/h3-11H,1-2H3/t11-/m1/s1. The number of hydrogen-bond acceptors (Lipinski definition) is 5. The van der Waals surface area contributed by atoms with E-state index in [4.69, 9.17) is 9.47 Å². The van der Waals surface area contributed by atoms with Gasteiger partial charge in [-0.1, -0.05) is 0 Å². The predicted molar refractivity (Wildman–Crippen MR) is 77.6 cm³/mol. The highest BCUT2D eigenvalue weighted by Crippen LogP contribution is 2.14. The molecule has 1 atom stereocenters. The molecule has 0 aliphatic heterocycles. The smallest absolute Gasteiger partial charge is 0.339 e. The molecule has 0 unspecified atom stereocenters. The number of nitrogens with zero attached hydrogens (tertiary/aromatic N) is 1. The molecule has 0 saturated carbocycles. The normalized spacial score (nSPS) is 11.5. The summed E-state index contributed by atoms with van der Waals surface area (Å²) in [5, 5.41) is 10.9. The highest BCUT2D eigenvalue weighted by Gasteiger charge is 2.20. The number of ketones is 1. The zero-order chi connectivity index (χ0) is 16.1. The van der Waals surface area contributed by atoms with E-state index in [1.807, 2.05) is 0 Å². The van der Waals surface area contributed by atoms with Gasteiger partial charge in [0.25, 0.3) is 0 Å². The van der Waals surface area contributed by atoms with Gasteiger partial charge in [-0.25, -0.2) is 4.79 Å². The molecular formula is C16H15NO5. The van der Waals surface area contributed by atoms with Crippen molar-refractivity contribution < 1.29 is 23.8 Å². The molecule has 0 amide bonds. The number of ether oxygens (including phenoxy) is 2. The van der Waals surface area contributed by atoms with Crippen LogP contribution in [0.15, 0.2) is 48.8 Å². The van der Waals surface area contributed by atoms with E-state index in [0.29, 0.717) is 16.0 Å². The van der Waals surface area contributed by atoms with Crippen LogP contribution < -0.4 is 9.47 Å². The molecule has 6 nitrogen and oxygen atoms in total. The van der Waals surface area contributed by atoms with Gasteiger partial charge in [0.05, 0.1) is 12.7 Å². The highest BCUT2D eigenvalue weighted by molar-refractivity contribution is 6.01. The molecule has 0 aliphatic carbocycles. The Balaban J connectivity index is 2.03. The van der Waals surface area contributed by atoms with Crippen LogP contribution in [0.1, 0.15) is 27.6 Å². The topological polar surface area (TPSA) is 79.5 Å². The molecule has 6 heteroatoms. The SMILES string of the molecule is COc1ccc(C(=O)[C@@H](C)OC(=O)c2cc[n+]([O-])cc2)cc1. The fourth-order valence-corrected chi connectivity index (χ4v) is 1.82. The largest absolute Gasteiger partial charge is 0.619 e. The lowest BCUT2D eigenvalue weighted by atomic mass is 10.1. The van der Waals surface area contributed by atoms with Gasteiger partial charge in [0.2, 0.25) is 5.78 Å².